The zero-order valence-electron chi connectivity index (χ0n) is 16.1. The number of halogens is 3. The summed E-state index contributed by atoms with van der Waals surface area (Å²) in [6.07, 6.45) is -3.43. The van der Waals surface area contributed by atoms with E-state index >= 15 is 0 Å². The van der Waals surface area contributed by atoms with Crippen molar-refractivity contribution >= 4 is 22.7 Å². The van der Waals surface area contributed by atoms with Crippen molar-refractivity contribution in [2.24, 2.45) is 5.16 Å². The zero-order valence-corrected chi connectivity index (χ0v) is 16.9. The Balaban J connectivity index is 2.17. The SMILES string of the molecule is CNC(=O)C(OC)c1ccccc1CO/N=C(\SC)c1ccc(C(F)(F)F)cc1. The van der Waals surface area contributed by atoms with E-state index < -0.39 is 17.8 Å². The van der Waals surface area contributed by atoms with Gasteiger partial charge in [0.1, 0.15) is 11.7 Å². The number of amides is 1. The molecular formula is C20H21F3N2O3S. The molecule has 29 heavy (non-hydrogen) atoms. The average Bonchev–Trinajstić information content (AvgIpc) is 2.72. The molecule has 1 amide bonds. The minimum atomic E-state index is -4.39. The van der Waals surface area contributed by atoms with E-state index in [4.69, 9.17) is 9.57 Å². The van der Waals surface area contributed by atoms with E-state index in [1.54, 1.807) is 30.5 Å². The highest BCUT2D eigenvalue weighted by molar-refractivity contribution is 8.13. The molecule has 9 heteroatoms. The molecule has 0 fully saturated rings. The smallest absolute Gasteiger partial charge is 0.390 e. The Kier molecular flexibility index (Phi) is 8.10. The Bertz CT molecular complexity index is 855. The van der Waals surface area contributed by atoms with Crippen LogP contribution in [0, 0.1) is 0 Å². The second kappa shape index (κ2) is 10.3. The number of methoxy groups -OCH3 is 1. The summed E-state index contributed by atoms with van der Waals surface area (Å²) in [7, 11) is 2.96. The number of benzene rings is 2. The highest BCUT2D eigenvalue weighted by Crippen LogP contribution is 2.29. The van der Waals surface area contributed by atoms with E-state index in [1.165, 1.54) is 38.1 Å². The predicted octanol–water partition coefficient (Wildman–Crippen LogP) is 4.38. The Morgan fingerprint density at radius 2 is 1.83 bits per heavy atom. The standard InChI is InChI=1S/C20H21F3N2O3S/c1-24-18(26)17(27-2)16-7-5-4-6-14(16)12-28-25-19(29-3)13-8-10-15(11-9-13)20(21,22)23/h4-11,17H,12H2,1-3H3,(H,24,26)/b25-19-. The second-order valence-corrected chi connectivity index (χ2v) is 6.67. The van der Waals surface area contributed by atoms with Gasteiger partial charge in [-0.2, -0.15) is 13.2 Å². The van der Waals surface area contributed by atoms with Crippen LogP contribution in [0.4, 0.5) is 13.2 Å². The van der Waals surface area contributed by atoms with E-state index in [9.17, 15) is 18.0 Å². The van der Waals surface area contributed by atoms with Crippen LogP contribution in [0.2, 0.25) is 0 Å². The van der Waals surface area contributed by atoms with E-state index in [0.29, 0.717) is 21.7 Å². The minimum absolute atomic E-state index is 0.0672. The first-order valence-electron chi connectivity index (χ1n) is 8.55. The van der Waals surface area contributed by atoms with Crippen molar-refractivity contribution in [3.05, 3.63) is 70.8 Å². The Hall–Kier alpha value is -2.52. The molecule has 2 aromatic rings. The van der Waals surface area contributed by atoms with Crippen LogP contribution < -0.4 is 5.32 Å². The molecule has 0 aliphatic carbocycles. The summed E-state index contributed by atoms with van der Waals surface area (Å²) in [5.74, 6) is -0.294. The van der Waals surface area contributed by atoms with Gasteiger partial charge in [-0.15, -0.1) is 11.8 Å². The van der Waals surface area contributed by atoms with Crippen LogP contribution in [0.15, 0.2) is 53.7 Å². The minimum Gasteiger partial charge on any atom is -0.390 e. The second-order valence-electron chi connectivity index (χ2n) is 5.88. The maximum Gasteiger partial charge on any atom is 0.416 e. The van der Waals surface area contributed by atoms with Crippen LogP contribution in [0.25, 0.3) is 0 Å². The third-order valence-electron chi connectivity index (χ3n) is 4.08. The molecule has 1 N–H and O–H groups in total. The lowest BCUT2D eigenvalue weighted by Gasteiger charge is -2.17. The van der Waals surface area contributed by atoms with E-state index in [-0.39, 0.29) is 12.5 Å². The summed E-state index contributed by atoms with van der Waals surface area (Å²) in [5, 5.41) is 7.03. The molecule has 0 radical (unpaired) electrons. The number of carbonyl (C=O) groups is 1. The van der Waals surface area contributed by atoms with Gasteiger partial charge in [0.05, 0.1) is 5.56 Å². The summed E-state index contributed by atoms with van der Waals surface area (Å²) in [5.41, 5.74) is 1.14. The van der Waals surface area contributed by atoms with Crippen LogP contribution in [-0.4, -0.2) is 31.4 Å². The molecule has 2 rings (SSSR count). The number of carbonyl (C=O) groups excluding carboxylic acids is 1. The molecule has 1 unspecified atom stereocenters. The highest BCUT2D eigenvalue weighted by atomic mass is 32.2. The van der Waals surface area contributed by atoms with Gasteiger partial charge in [0.15, 0.2) is 6.10 Å². The van der Waals surface area contributed by atoms with E-state index in [1.807, 2.05) is 0 Å². The van der Waals surface area contributed by atoms with Crippen molar-refractivity contribution in [1.82, 2.24) is 5.32 Å². The van der Waals surface area contributed by atoms with Gasteiger partial charge in [0.25, 0.3) is 5.91 Å². The van der Waals surface area contributed by atoms with Crippen LogP contribution in [0.3, 0.4) is 0 Å². The molecule has 0 aromatic heterocycles. The lowest BCUT2D eigenvalue weighted by atomic mass is 10.0. The number of hydrogen-bond donors (Lipinski definition) is 1. The summed E-state index contributed by atoms with van der Waals surface area (Å²) < 4.78 is 43.4. The average molecular weight is 426 g/mol. The Morgan fingerprint density at radius 3 is 2.38 bits per heavy atom. The Labute approximate surface area is 171 Å². The summed E-state index contributed by atoms with van der Waals surface area (Å²) in [6, 6.07) is 11.8. The fourth-order valence-electron chi connectivity index (χ4n) is 2.60. The molecule has 0 saturated heterocycles. The number of alkyl halides is 3. The molecule has 0 bridgehead atoms. The molecule has 0 aliphatic rings. The van der Waals surface area contributed by atoms with Gasteiger partial charge in [-0.05, 0) is 29.5 Å². The van der Waals surface area contributed by atoms with E-state index in [2.05, 4.69) is 10.5 Å². The first-order chi connectivity index (χ1) is 13.8. The number of thioether (sulfide) groups is 1. The van der Waals surface area contributed by atoms with Crippen molar-refractivity contribution < 1.29 is 27.5 Å². The van der Waals surface area contributed by atoms with Crippen LogP contribution in [0.1, 0.15) is 28.4 Å². The maximum absolute atomic E-state index is 12.7. The van der Waals surface area contributed by atoms with Gasteiger partial charge in [0.2, 0.25) is 0 Å². The third kappa shape index (κ3) is 5.98. The number of nitrogens with zero attached hydrogens (tertiary/aromatic N) is 1. The molecular weight excluding hydrogens is 405 g/mol. The summed E-state index contributed by atoms with van der Waals surface area (Å²) in [4.78, 5) is 17.5. The fourth-order valence-corrected chi connectivity index (χ4v) is 3.10. The number of oxime groups is 1. The van der Waals surface area contributed by atoms with Crippen molar-refractivity contribution in [2.45, 2.75) is 18.9 Å². The highest BCUT2D eigenvalue weighted by Gasteiger charge is 2.30. The molecule has 2 aromatic carbocycles. The van der Waals surface area contributed by atoms with Crippen LogP contribution in [-0.2, 0) is 27.2 Å². The fraction of sp³-hybridized carbons (Fsp3) is 0.300. The number of ether oxygens (including phenoxy) is 1. The molecule has 0 heterocycles. The summed E-state index contributed by atoms with van der Waals surface area (Å²) >= 11 is 1.25. The molecule has 0 saturated carbocycles. The van der Waals surface area contributed by atoms with Crippen molar-refractivity contribution in [3.8, 4) is 0 Å². The summed E-state index contributed by atoms with van der Waals surface area (Å²) in [6.45, 7) is 0.0672. The molecule has 5 nitrogen and oxygen atoms in total. The van der Waals surface area contributed by atoms with Gasteiger partial charge in [-0.1, -0.05) is 41.6 Å². The lowest BCUT2D eigenvalue weighted by Crippen LogP contribution is -2.27. The van der Waals surface area contributed by atoms with Gasteiger partial charge in [0, 0.05) is 19.7 Å². The molecule has 156 valence electrons. The molecule has 0 spiro atoms. The first kappa shape index (κ1) is 22.8. The van der Waals surface area contributed by atoms with Crippen molar-refractivity contribution in [1.29, 1.82) is 0 Å². The topological polar surface area (TPSA) is 59.9 Å². The molecule has 1 atom stereocenters. The van der Waals surface area contributed by atoms with Crippen molar-refractivity contribution in [3.63, 3.8) is 0 Å². The Morgan fingerprint density at radius 1 is 1.17 bits per heavy atom. The largest absolute Gasteiger partial charge is 0.416 e. The predicted molar refractivity (Wildman–Crippen MR) is 107 cm³/mol. The number of rotatable bonds is 7. The number of likely N-dealkylation sites (N-methyl/N-ethyl adjacent to an activating group) is 1. The number of hydrogen-bond acceptors (Lipinski definition) is 5. The van der Waals surface area contributed by atoms with Gasteiger partial charge in [-0.25, -0.2) is 0 Å². The normalized spacial score (nSPS) is 13.1. The van der Waals surface area contributed by atoms with Gasteiger partial charge < -0.3 is 14.9 Å². The quantitative estimate of drug-likeness (QED) is 0.406. The number of nitrogens with one attached hydrogen (secondary N) is 1. The maximum atomic E-state index is 12.7. The zero-order chi connectivity index (χ0) is 21.4. The third-order valence-corrected chi connectivity index (χ3v) is 4.77. The van der Waals surface area contributed by atoms with Gasteiger partial charge in [-0.3, -0.25) is 4.79 Å². The van der Waals surface area contributed by atoms with E-state index in [0.717, 1.165) is 12.1 Å². The van der Waals surface area contributed by atoms with Gasteiger partial charge >= 0.3 is 6.18 Å². The van der Waals surface area contributed by atoms with Crippen molar-refractivity contribution in [2.75, 3.05) is 20.4 Å². The van der Waals surface area contributed by atoms with Crippen LogP contribution >= 0.6 is 11.8 Å². The molecule has 0 aliphatic heterocycles. The van der Waals surface area contributed by atoms with Crippen LogP contribution in [0.5, 0.6) is 0 Å². The first-order valence-corrected chi connectivity index (χ1v) is 9.78. The lowest BCUT2D eigenvalue weighted by molar-refractivity contribution is -0.137. The monoisotopic (exact) mass is 426 g/mol.